The minimum absolute atomic E-state index is 0. The standard InChI is InChI=1S/C14H16F4N2.ClH/c1-2-12(20-8-6-19-7-9-20)13-10(14(16,17)18)4-3-5-11(13)15;/h2-5,12,19H,1,6-9H2;1H/t12-;/m0./s1. The molecular formula is C14H17ClF4N2. The lowest BCUT2D eigenvalue weighted by atomic mass is 9.97. The van der Waals surface area contributed by atoms with Crippen LogP contribution in [0.25, 0.3) is 0 Å². The molecule has 2 rings (SSSR count). The highest BCUT2D eigenvalue weighted by molar-refractivity contribution is 5.85. The maximum atomic E-state index is 14.0. The molecule has 2 nitrogen and oxygen atoms in total. The highest BCUT2D eigenvalue weighted by Crippen LogP contribution is 2.38. The highest BCUT2D eigenvalue weighted by atomic mass is 35.5. The topological polar surface area (TPSA) is 15.3 Å². The first-order valence-electron chi connectivity index (χ1n) is 6.38. The van der Waals surface area contributed by atoms with Gasteiger partial charge in [0, 0.05) is 31.7 Å². The molecule has 1 atom stereocenters. The van der Waals surface area contributed by atoms with Gasteiger partial charge >= 0.3 is 6.18 Å². The van der Waals surface area contributed by atoms with Gasteiger partial charge in [-0.25, -0.2) is 4.39 Å². The fourth-order valence-corrected chi connectivity index (χ4v) is 2.49. The van der Waals surface area contributed by atoms with Crippen LogP contribution in [0.5, 0.6) is 0 Å². The molecule has 1 heterocycles. The van der Waals surface area contributed by atoms with Crippen LogP contribution < -0.4 is 5.32 Å². The summed E-state index contributed by atoms with van der Waals surface area (Å²) >= 11 is 0. The van der Waals surface area contributed by atoms with Crippen LogP contribution >= 0.6 is 12.4 Å². The molecule has 0 aromatic heterocycles. The van der Waals surface area contributed by atoms with Crippen LogP contribution in [0, 0.1) is 5.82 Å². The molecule has 1 aromatic carbocycles. The molecule has 0 spiro atoms. The SMILES string of the molecule is C=C[C@@H](c1c(F)cccc1C(F)(F)F)N1CCNCC1.Cl. The molecule has 0 bridgehead atoms. The summed E-state index contributed by atoms with van der Waals surface area (Å²) in [7, 11) is 0. The first-order valence-corrected chi connectivity index (χ1v) is 6.38. The van der Waals surface area contributed by atoms with Crippen molar-refractivity contribution in [3.05, 3.63) is 47.8 Å². The second-order valence-corrected chi connectivity index (χ2v) is 4.67. The quantitative estimate of drug-likeness (QED) is 0.677. The lowest BCUT2D eigenvalue weighted by Gasteiger charge is -2.34. The van der Waals surface area contributed by atoms with E-state index < -0.39 is 23.6 Å². The fraction of sp³-hybridized carbons (Fsp3) is 0.429. The van der Waals surface area contributed by atoms with Crippen molar-refractivity contribution in [1.29, 1.82) is 0 Å². The lowest BCUT2D eigenvalue weighted by Crippen LogP contribution is -2.45. The van der Waals surface area contributed by atoms with E-state index in [4.69, 9.17) is 0 Å². The number of hydrogen-bond donors (Lipinski definition) is 1. The Morgan fingerprint density at radius 1 is 1.24 bits per heavy atom. The van der Waals surface area contributed by atoms with E-state index in [0.717, 1.165) is 18.2 Å². The number of alkyl halides is 3. The van der Waals surface area contributed by atoms with Crippen LogP contribution in [0.3, 0.4) is 0 Å². The van der Waals surface area contributed by atoms with E-state index >= 15 is 0 Å². The third kappa shape index (κ3) is 3.96. The van der Waals surface area contributed by atoms with E-state index in [1.165, 1.54) is 6.08 Å². The van der Waals surface area contributed by atoms with Gasteiger partial charge in [0.2, 0.25) is 0 Å². The van der Waals surface area contributed by atoms with Crippen molar-refractivity contribution in [2.24, 2.45) is 0 Å². The first kappa shape index (κ1) is 17.9. The van der Waals surface area contributed by atoms with Crippen molar-refractivity contribution in [2.45, 2.75) is 12.2 Å². The summed E-state index contributed by atoms with van der Waals surface area (Å²) in [5.41, 5.74) is -1.27. The summed E-state index contributed by atoms with van der Waals surface area (Å²) in [4.78, 5) is 1.80. The monoisotopic (exact) mass is 324 g/mol. The number of nitrogens with one attached hydrogen (secondary N) is 1. The maximum absolute atomic E-state index is 14.0. The summed E-state index contributed by atoms with van der Waals surface area (Å²) in [6, 6.07) is 2.29. The number of nitrogens with zero attached hydrogens (tertiary/aromatic N) is 1. The van der Waals surface area contributed by atoms with Crippen LogP contribution in [0.1, 0.15) is 17.2 Å². The third-order valence-corrected chi connectivity index (χ3v) is 3.42. The number of halogens is 5. The summed E-state index contributed by atoms with van der Waals surface area (Å²) in [6.45, 7) is 6.03. The molecule has 0 unspecified atom stereocenters. The Kier molecular flexibility index (Phi) is 6.19. The first-order chi connectivity index (χ1) is 9.45. The Bertz CT molecular complexity index is 484. The summed E-state index contributed by atoms with van der Waals surface area (Å²) < 4.78 is 53.2. The summed E-state index contributed by atoms with van der Waals surface area (Å²) in [6.07, 6.45) is -3.20. The van der Waals surface area contributed by atoms with Gasteiger partial charge in [-0.15, -0.1) is 19.0 Å². The van der Waals surface area contributed by atoms with Crippen molar-refractivity contribution < 1.29 is 17.6 Å². The van der Waals surface area contributed by atoms with Crippen molar-refractivity contribution >= 4 is 12.4 Å². The third-order valence-electron chi connectivity index (χ3n) is 3.42. The molecule has 0 amide bonds. The normalized spacial score (nSPS) is 17.9. The van der Waals surface area contributed by atoms with E-state index in [-0.39, 0.29) is 18.0 Å². The molecule has 0 radical (unpaired) electrons. The predicted molar refractivity (Wildman–Crippen MR) is 76.0 cm³/mol. The minimum Gasteiger partial charge on any atom is -0.314 e. The fourth-order valence-electron chi connectivity index (χ4n) is 2.49. The molecule has 7 heteroatoms. The Labute approximate surface area is 127 Å². The molecule has 1 aliphatic heterocycles. The largest absolute Gasteiger partial charge is 0.416 e. The van der Waals surface area contributed by atoms with Crippen molar-refractivity contribution in [3.63, 3.8) is 0 Å². The van der Waals surface area contributed by atoms with Gasteiger partial charge in [-0.3, -0.25) is 4.90 Å². The van der Waals surface area contributed by atoms with Crippen molar-refractivity contribution in [1.82, 2.24) is 10.2 Å². The number of rotatable bonds is 3. The van der Waals surface area contributed by atoms with Gasteiger partial charge in [-0.1, -0.05) is 12.1 Å². The highest BCUT2D eigenvalue weighted by Gasteiger charge is 2.37. The number of piperazine rings is 1. The van der Waals surface area contributed by atoms with Gasteiger partial charge in [0.25, 0.3) is 0 Å². The van der Waals surface area contributed by atoms with Gasteiger partial charge in [0.05, 0.1) is 11.6 Å². The second-order valence-electron chi connectivity index (χ2n) is 4.67. The molecule has 1 aliphatic rings. The Hall–Kier alpha value is -1.11. The van der Waals surface area contributed by atoms with E-state index in [1.807, 2.05) is 0 Å². The minimum atomic E-state index is -4.58. The summed E-state index contributed by atoms with van der Waals surface area (Å²) in [5, 5.41) is 3.11. The van der Waals surface area contributed by atoms with Gasteiger partial charge in [-0.05, 0) is 12.1 Å². The average Bonchev–Trinajstić information content (AvgIpc) is 2.41. The zero-order chi connectivity index (χ0) is 14.8. The molecule has 1 saturated heterocycles. The Morgan fingerprint density at radius 3 is 2.38 bits per heavy atom. The zero-order valence-corrected chi connectivity index (χ0v) is 12.1. The van der Waals surface area contributed by atoms with Gasteiger partial charge in [0.15, 0.2) is 0 Å². The van der Waals surface area contributed by atoms with E-state index in [0.29, 0.717) is 26.2 Å². The van der Waals surface area contributed by atoms with Gasteiger partial charge in [-0.2, -0.15) is 13.2 Å². The van der Waals surface area contributed by atoms with E-state index in [1.54, 1.807) is 4.90 Å². The second kappa shape index (κ2) is 7.24. The maximum Gasteiger partial charge on any atom is 0.416 e. The van der Waals surface area contributed by atoms with E-state index in [9.17, 15) is 17.6 Å². The molecule has 21 heavy (non-hydrogen) atoms. The molecule has 0 aliphatic carbocycles. The van der Waals surface area contributed by atoms with Crippen LogP contribution in [-0.2, 0) is 6.18 Å². The van der Waals surface area contributed by atoms with Crippen molar-refractivity contribution in [3.8, 4) is 0 Å². The smallest absolute Gasteiger partial charge is 0.314 e. The van der Waals surface area contributed by atoms with Crippen LogP contribution in [0.15, 0.2) is 30.9 Å². The van der Waals surface area contributed by atoms with Crippen LogP contribution in [-0.4, -0.2) is 31.1 Å². The predicted octanol–water partition coefficient (Wildman–Crippen LogP) is 3.40. The summed E-state index contributed by atoms with van der Waals surface area (Å²) in [5.74, 6) is -0.844. The molecule has 1 N–H and O–H groups in total. The van der Waals surface area contributed by atoms with E-state index in [2.05, 4.69) is 11.9 Å². The molecular weight excluding hydrogens is 308 g/mol. The van der Waals surface area contributed by atoms with Crippen molar-refractivity contribution in [2.75, 3.05) is 26.2 Å². The molecule has 118 valence electrons. The zero-order valence-electron chi connectivity index (χ0n) is 11.3. The van der Waals surface area contributed by atoms with Crippen LogP contribution in [0.2, 0.25) is 0 Å². The molecule has 1 fully saturated rings. The molecule has 1 aromatic rings. The van der Waals surface area contributed by atoms with Crippen LogP contribution in [0.4, 0.5) is 17.6 Å². The van der Waals surface area contributed by atoms with Gasteiger partial charge < -0.3 is 5.32 Å². The van der Waals surface area contributed by atoms with Gasteiger partial charge in [0.1, 0.15) is 5.82 Å². The number of benzene rings is 1. The average molecular weight is 325 g/mol. The lowest BCUT2D eigenvalue weighted by molar-refractivity contribution is -0.138. The molecule has 0 saturated carbocycles. The Morgan fingerprint density at radius 2 is 1.86 bits per heavy atom. The Balaban J connectivity index is 0.00000220. The number of hydrogen-bond acceptors (Lipinski definition) is 2.